The Hall–Kier alpha value is -0.570. The van der Waals surface area contributed by atoms with Crippen LogP contribution in [0.1, 0.15) is 64.7 Å². The quantitative estimate of drug-likeness (QED) is 0.795. The predicted molar refractivity (Wildman–Crippen MR) is 77.2 cm³/mol. The summed E-state index contributed by atoms with van der Waals surface area (Å²) in [4.78, 5) is 14.0. The summed E-state index contributed by atoms with van der Waals surface area (Å²) in [5, 5.41) is 9.52. The van der Waals surface area contributed by atoms with E-state index in [1.54, 1.807) is 0 Å². The molecule has 3 nitrogen and oxygen atoms in total. The van der Waals surface area contributed by atoms with E-state index in [1.807, 2.05) is 0 Å². The summed E-state index contributed by atoms with van der Waals surface area (Å²) >= 11 is 0. The molecule has 1 N–H and O–H groups in total. The molecule has 2 saturated carbocycles. The van der Waals surface area contributed by atoms with Crippen molar-refractivity contribution in [1.82, 2.24) is 4.90 Å². The maximum Gasteiger partial charge on any atom is 0.308 e. The first kappa shape index (κ1) is 14.8. The average Bonchev–Trinajstić information content (AvgIpc) is 2.64. The van der Waals surface area contributed by atoms with Crippen LogP contribution in [-0.2, 0) is 4.79 Å². The molecule has 0 radical (unpaired) electrons. The lowest BCUT2D eigenvalue weighted by Gasteiger charge is -2.42. The number of carboxylic acid groups (broad SMARTS) is 1. The van der Waals surface area contributed by atoms with Gasteiger partial charge in [-0.15, -0.1) is 0 Å². The van der Waals surface area contributed by atoms with Crippen LogP contribution in [0.25, 0.3) is 0 Å². The minimum atomic E-state index is -0.581. The van der Waals surface area contributed by atoms with Crippen LogP contribution in [0.5, 0.6) is 0 Å². The molecule has 0 amide bonds. The van der Waals surface area contributed by atoms with Crippen LogP contribution in [0.15, 0.2) is 0 Å². The fraction of sp³-hybridized carbons (Fsp3) is 0.938. The van der Waals surface area contributed by atoms with E-state index in [-0.39, 0.29) is 12.0 Å². The minimum absolute atomic E-state index is 0.151. The molecule has 2 aliphatic carbocycles. The van der Waals surface area contributed by atoms with Crippen LogP contribution >= 0.6 is 0 Å². The smallest absolute Gasteiger partial charge is 0.308 e. The largest absolute Gasteiger partial charge is 0.481 e. The van der Waals surface area contributed by atoms with Crippen LogP contribution in [0.4, 0.5) is 0 Å². The highest BCUT2D eigenvalue weighted by molar-refractivity contribution is 5.70. The number of rotatable bonds is 3. The third kappa shape index (κ3) is 3.50. The molecule has 2 fully saturated rings. The summed E-state index contributed by atoms with van der Waals surface area (Å²) in [7, 11) is 2.18. The first-order valence-electron chi connectivity index (χ1n) is 8.06. The number of aliphatic carboxylic acids is 1. The van der Waals surface area contributed by atoms with Crippen molar-refractivity contribution in [3.05, 3.63) is 0 Å². The highest BCUT2D eigenvalue weighted by Gasteiger charge is 2.36. The minimum Gasteiger partial charge on any atom is -0.481 e. The van der Waals surface area contributed by atoms with Gasteiger partial charge in [0.2, 0.25) is 0 Å². The van der Waals surface area contributed by atoms with Gasteiger partial charge in [-0.05, 0) is 38.6 Å². The van der Waals surface area contributed by atoms with Gasteiger partial charge in [-0.2, -0.15) is 0 Å². The molecule has 0 bridgehead atoms. The van der Waals surface area contributed by atoms with Gasteiger partial charge in [-0.1, -0.05) is 39.0 Å². The zero-order chi connectivity index (χ0) is 13.8. The Bertz CT molecular complexity index is 305. The molecule has 3 heteroatoms. The Morgan fingerprint density at radius 1 is 0.947 bits per heavy atom. The first-order valence-corrected chi connectivity index (χ1v) is 8.06. The Kier molecular flexibility index (Phi) is 5.26. The molecule has 0 spiro atoms. The monoisotopic (exact) mass is 267 g/mol. The SMILES string of the molecule is CC1CCCCC1N(C)C1CCCCCC1C(=O)O. The molecular formula is C16H29NO2. The van der Waals surface area contributed by atoms with Gasteiger partial charge in [0.15, 0.2) is 0 Å². The summed E-state index contributed by atoms with van der Waals surface area (Å²) < 4.78 is 0. The number of carbonyl (C=O) groups is 1. The van der Waals surface area contributed by atoms with Crippen molar-refractivity contribution in [3.63, 3.8) is 0 Å². The van der Waals surface area contributed by atoms with Crippen molar-refractivity contribution in [2.24, 2.45) is 11.8 Å². The van der Waals surface area contributed by atoms with E-state index in [9.17, 15) is 9.90 Å². The molecule has 4 atom stereocenters. The van der Waals surface area contributed by atoms with Crippen LogP contribution < -0.4 is 0 Å². The zero-order valence-electron chi connectivity index (χ0n) is 12.5. The average molecular weight is 267 g/mol. The summed E-state index contributed by atoms with van der Waals surface area (Å²) in [5.74, 6) is -0.0136. The standard InChI is InChI=1S/C16H29NO2/c1-12-8-6-7-10-14(12)17(2)15-11-5-3-4-9-13(15)16(18)19/h12-15H,3-11H2,1-2H3,(H,18,19). The maximum absolute atomic E-state index is 11.6. The van der Waals surface area contributed by atoms with Crippen molar-refractivity contribution in [1.29, 1.82) is 0 Å². The van der Waals surface area contributed by atoms with Crippen molar-refractivity contribution >= 4 is 5.97 Å². The van der Waals surface area contributed by atoms with Crippen LogP contribution in [0, 0.1) is 11.8 Å². The van der Waals surface area contributed by atoms with Crippen LogP contribution in [0.3, 0.4) is 0 Å². The van der Waals surface area contributed by atoms with E-state index in [2.05, 4.69) is 18.9 Å². The summed E-state index contributed by atoms with van der Waals surface area (Å²) in [5.41, 5.74) is 0. The number of carboxylic acids is 1. The van der Waals surface area contributed by atoms with Gasteiger partial charge in [-0.3, -0.25) is 9.69 Å². The van der Waals surface area contributed by atoms with Crippen molar-refractivity contribution < 1.29 is 9.90 Å². The molecule has 4 unspecified atom stereocenters. The van der Waals surface area contributed by atoms with E-state index in [0.717, 1.165) is 25.2 Å². The first-order chi connectivity index (χ1) is 9.11. The molecule has 0 saturated heterocycles. The van der Waals surface area contributed by atoms with Gasteiger partial charge in [0.1, 0.15) is 0 Å². The second-order valence-electron chi connectivity index (χ2n) is 6.64. The fourth-order valence-corrected chi connectivity index (χ4v) is 4.21. The number of nitrogens with zero attached hydrogens (tertiary/aromatic N) is 1. The van der Waals surface area contributed by atoms with E-state index in [0.29, 0.717) is 6.04 Å². The van der Waals surface area contributed by atoms with E-state index < -0.39 is 5.97 Å². The van der Waals surface area contributed by atoms with E-state index >= 15 is 0 Å². The maximum atomic E-state index is 11.6. The molecule has 2 aliphatic rings. The van der Waals surface area contributed by atoms with Gasteiger partial charge in [0.05, 0.1) is 5.92 Å². The van der Waals surface area contributed by atoms with E-state index in [1.165, 1.54) is 38.5 Å². The van der Waals surface area contributed by atoms with Gasteiger partial charge in [0, 0.05) is 12.1 Å². The Balaban J connectivity index is 2.08. The Morgan fingerprint density at radius 2 is 1.53 bits per heavy atom. The molecule has 0 aromatic carbocycles. The van der Waals surface area contributed by atoms with E-state index in [4.69, 9.17) is 0 Å². The molecule has 0 aromatic heterocycles. The second kappa shape index (κ2) is 6.74. The predicted octanol–water partition coefficient (Wildman–Crippen LogP) is 3.53. The lowest BCUT2D eigenvalue weighted by Crippen LogP contribution is -2.49. The topological polar surface area (TPSA) is 40.5 Å². The molecule has 110 valence electrons. The van der Waals surface area contributed by atoms with Gasteiger partial charge >= 0.3 is 5.97 Å². The van der Waals surface area contributed by atoms with Crippen molar-refractivity contribution in [2.45, 2.75) is 76.8 Å². The second-order valence-corrected chi connectivity index (χ2v) is 6.64. The summed E-state index contributed by atoms with van der Waals surface area (Å²) in [6.07, 6.45) is 10.6. The molecule has 0 heterocycles. The molecule has 0 aromatic rings. The zero-order valence-corrected chi connectivity index (χ0v) is 12.5. The molecule has 19 heavy (non-hydrogen) atoms. The highest BCUT2D eigenvalue weighted by atomic mass is 16.4. The summed E-state index contributed by atoms with van der Waals surface area (Å²) in [6, 6.07) is 0.851. The Labute approximate surface area is 117 Å². The number of hydrogen-bond donors (Lipinski definition) is 1. The lowest BCUT2D eigenvalue weighted by molar-refractivity contribution is -0.145. The lowest BCUT2D eigenvalue weighted by atomic mass is 9.82. The molecule has 0 aliphatic heterocycles. The normalized spacial score (nSPS) is 37.0. The van der Waals surface area contributed by atoms with Gasteiger partial charge in [0.25, 0.3) is 0 Å². The Morgan fingerprint density at radius 3 is 2.21 bits per heavy atom. The van der Waals surface area contributed by atoms with Crippen molar-refractivity contribution in [2.75, 3.05) is 7.05 Å². The van der Waals surface area contributed by atoms with Gasteiger partial charge < -0.3 is 5.11 Å². The van der Waals surface area contributed by atoms with Crippen LogP contribution in [-0.4, -0.2) is 35.1 Å². The summed E-state index contributed by atoms with van der Waals surface area (Å²) in [6.45, 7) is 2.34. The molecule has 2 rings (SSSR count). The van der Waals surface area contributed by atoms with Gasteiger partial charge in [-0.25, -0.2) is 0 Å². The highest BCUT2D eigenvalue weighted by Crippen LogP contribution is 2.34. The van der Waals surface area contributed by atoms with Crippen LogP contribution in [0.2, 0.25) is 0 Å². The van der Waals surface area contributed by atoms with Crippen molar-refractivity contribution in [3.8, 4) is 0 Å². The molecular weight excluding hydrogens is 238 g/mol. The number of hydrogen-bond acceptors (Lipinski definition) is 2. The fourth-order valence-electron chi connectivity index (χ4n) is 4.21. The third-order valence-corrected chi connectivity index (χ3v) is 5.41. The third-order valence-electron chi connectivity index (χ3n) is 5.41.